The molecule has 2 heterocycles. The van der Waals surface area contributed by atoms with Gasteiger partial charge in [-0.2, -0.15) is 0 Å². The van der Waals surface area contributed by atoms with Crippen LogP contribution in [-0.4, -0.2) is 21.3 Å². The molecule has 5 heteroatoms. The van der Waals surface area contributed by atoms with Crippen LogP contribution in [0.3, 0.4) is 0 Å². The fraction of sp³-hybridized carbons (Fsp3) is 0.400. The van der Waals surface area contributed by atoms with E-state index in [1.807, 2.05) is 13.8 Å². The summed E-state index contributed by atoms with van der Waals surface area (Å²) in [6, 6.07) is 0. The Morgan fingerprint density at radius 2 is 2.27 bits per heavy atom. The molecule has 2 rings (SSSR count). The zero-order valence-corrected chi connectivity index (χ0v) is 9.47. The Kier molecular flexibility index (Phi) is 2.58. The number of hydrogen-bond acceptors (Lipinski definition) is 4. The molecule has 0 bridgehead atoms. The summed E-state index contributed by atoms with van der Waals surface area (Å²) in [4.78, 5) is 18.1. The Morgan fingerprint density at radius 1 is 1.53 bits per heavy atom. The number of thiophene rings is 1. The highest BCUT2D eigenvalue weighted by atomic mass is 32.1. The topological polar surface area (TPSA) is 55.1 Å². The molecule has 0 saturated carbocycles. The van der Waals surface area contributed by atoms with Crippen molar-refractivity contribution in [3.63, 3.8) is 0 Å². The lowest BCUT2D eigenvalue weighted by atomic mass is 10.2. The zero-order chi connectivity index (χ0) is 11.0. The van der Waals surface area contributed by atoms with Crippen molar-refractivity contribution in [3.05, 3.63) is 27.1 Å². The van der Waals surface area contributed by atoms with Gasteiger partial charge in [-0.25, -0.2) is 4.98 Å². The van der Waals surface area contributed by atoms with Crippen molar-refractivity contribution in [2.75, 3.05) is 6.61 Å². The van der Waals surface area contributed by atoms with E-state index in [0.717, 1.165) is 15.3 Å². The van der Waals surface area contributed by atoms with Gasteiger partial charge in [0.1, 0.15) is 4.83 Å². The normalized spacial score (nSPS) is 11.1. The Hall–Kier alpha value is -1.20. The van der Waals surface area contributed by atoms with E-state index in [0.29, 0.717) is 11.9 Å². The van der Waals surface area contributed by atoms with Crippen molar-refractivity contribution in [3.8, 4) is 0 Å². The van der Waals surface area contributed by atoms with Gasteiger partial charge in [-0.05, 0) is 19.4 Å². The predicted octanol–water partition coefficient (Wildman–Crippen LogP) is 1.07. The summed E-state index contributed by atoms with van der Waals surface area (Å²) in [6.45, 7) is 4.17. The van der Waals surface area contributed by atoms with Crippen molar-refractivity contribution in [1.29, 1.82) is 0 Å². The van der Waals surface area contributed by atoms with Gasteiger partial charge >= 0.3 is 0 Å². The summed E-state index contributed by atoms with van der Waals surface area (Å²) < 4.78 is 1.45. The number of aryl methyl sites for hydroxylation is 2. The maximum absolute atomic E-state index is 12.0. The quantitative estimate of drug-likeness (QED) is 0.830. The lowest BCUT2D eigenvalue weighted by Crippen LogP contribution is -2.21. The first-order valence-corrected chi connectivity index (χ1v) is 5.52. The molecule has 0 saturated heterocycles. The fourth-order valence-corrected chi connectivity index (χ4v) is 2.52. The third-order valence-electron chi connectivity index (χ3n) is 2.50. The molecule has 1 N–H and O–H groups in total. The first kappa shape index (κ1) is 10.3. The first-order valence-electron chi connectivity index (χ1n) is 4.71. The lowest BCUT2D eigenvalue weighted by molar-refractivity contribution is 0.274. The molecular formula is C10H12N2O2S. The Labute approximate surface area is 90.8 Å². The summed E-state index contributed by atoms with van der Waals surface area (Å²) in [5.41, 5.74) is 0.940. The van der Waals surface area contributed by atoms with Gasteiger partial charge in [-0.15, -0.1) is 11.3 Å². The van der Waals surface area contributed by atoms with Crippen LogP contribution in [0.4, 0.5) is 0 Å². The molecule has 2 aromatic heterocycles. The molecule has 15 heavy (non-hydrogen) atoms. The lowest BCUT2D eigenvalue weighted by Gasteiger charge is -2.01. The maximum atomic E-state index is 12.0. The second kappa shape index (κ2) is 3.75. The Morgan fingerprint density at radius 3 is 2.93 bits per heavy atom. The number of hydrogen-bond donors (Lipinski definition) is 1. The van der Waals surface area contributed by atoms with E-state index < -0.39 is 0 Å². The third-order valence-corrected chi connectivity index (χ3v) is 3.61. The molecule has 0 atom stereocenters. The van der Waals surface area contributed by atoms with E-state index in [9.17, 15) is 4.79 Å². The van der Waals surface area contributed by atoms with Crippen LogP contribution in [0.5, 0.6) is 0 Å². The summed E-state index contributed by atoms with van der Waals surface area (Å²) in [5, 5.41) is 9.49. The van der Waals surface area contributed by atoms with Crippen molar-refractivity contribution < 1.29 is 5.11 Å². The number of fused-ring (bicyclic) bond motifs is 1. The second-order valence-electron chi connectivity index (χ2n) is 3.43. The van der Waals surface area contributed by atoms with Crippen LogP contribution in [0.25, 0.3) is 10.2 Å². The van der Waals surface area contributed by atoms with E-state index >= 15 is 0 Å². The number of aliphatic hydroxyl groups excluding tert-OH is 1. The Bertz CT molecular complexity index is 556. The van der Waals surface area contributed by atoms with Gasteiger partial charge < -0.3 is 5.11 Å². The second-order valence-corrected chi connectivity index (χ2v) is 4.63. The number of aromatic nitrogens is 2. The van der Waals surface area contributed by atoms with E-state index in [1.54, 1.807) is 0 Å². The number of nitrogens with zero attached hydrogens (tertiary/aromatic N) is 2. The van der Waals surface area contributed by atoms with E-state index in [1.165, 1.54) is 22.2 Å². The largest absolute Gasteiger partial charge is 0.395 e. The summed E-state index contributed by atoms with van der Waals surface area (Å²) in [5.74, 6) is 0. The molecule has 0 unspecified atom stereocenters. The molecule has 0 spiro atoms. The van der Waals surface area contributed by atoms with Crippen LogP contribution in [0.15, 0.2) is 11.1 Å². The monoisotopic (exact) mass is 224 g/mol. The van der Waals surface area contributed by atoms with Crippen molar-refractivity contribution in [2.45, 2.75) is 20.4 Å². The van der Waals surface area contributed by atoms with Crippen molar-refractivity contribution in [1.82, 2.24) is 9.55 Å². The maximum Gasteiger partial charge on any atom is 0.262 e. The molecule has 0 aliphatic rings. The molecule has 0 aliphatic carbocycles. The molecule has 0 aromatic carbocycles. The fourth-order valence-electron chi connectivity index (χ4n) is 1.54. The number of rotatable bonds is 2. The van der Waals surface area contributed by atoms with Gasteiger partial charge in [0.25, 0.3) is 5.56 Å². The van der Waals surface area contributed by atoms with Crippen molar-refractivity contribution in [2.24, 2.45) is 0 Å². The minimum absolute atomic E-state index is 0.0464. The van der Waals surface area contributed by atoms with Crippen LogP contribution >= 0.6 is 11.3 Å². The van der Waals surface area contributed by atoms with Gasteiger partial charge in [0.2, 0.25) is 0 Å². The minimum Gasteiger partial charge on any atom is -0.395 e. The molecule has 0 amide bonds. The van der Waals surface area contributed by atoms with Gasteiger partial charge in [0, 0.05) is 4.88 Å². The summed E-state index contributed by atoms with van der Waals surface area (Å²) >= 11 is 1.53. The SMILES string of the molecule is Cc1sc2ncn(CCO)c(=O)c2c1C. The standard InChI is InChI=1S/C10H12N2O2S/c1-6-7(2)15-9-8(6)10(14)12(3-4-13)5-11-9/h5,13H,3-4H2,1-2H3. The smallest absolute Gasteiger partial charge is 0.262 e. The number of aliphatic hydroxyl groups is 1. The molecule has 80 valence electrons. The van der Waals surface area contributed by atoms with Gasteiger partial charge in [-0.3, -0.25) is 9.36 Å². The molecule has 0 radical (unpaired) electrons. The van der Waals surface area contributed by atoms with Crippen LogP contribution in [-0.2, 0) is 6.54 Å². The zero-order valence-electron chi connectivity index (χ0n) is 8.65. The average Bonchev–Trinajstić information content (AvgIpc) is 2.49. The molecule has 0 fully saturated rings. The van der Waals surface area contributed by atoms with Crippen LogP contribution in [0, 0.1) is 13.8 Å². The van der Waals surface area contributed by atoms with Crippen LogP contribution in [0.1, 0.15) is 10.4 Å². The van der Waals surface area contributed by atoms with Crippen LogP contribution < -0.4 is 5.56 Å². The predicted molar refractivity (Wildman–Crippen MR) is 60.4 cm³/mol. The highest BCUT2D eigenvalue weighted by Crippen LogP contribution is 2.25. The average molecular weight is 224 g/mol. The van der Waals surface area contributed by atoms with Gasteiger partial charge in [0.15, 0.2) is 0 Å². The third kappa shape index (κ3) is 1.57. The Balaban J connectivity index is 2.77. The first-order chi connectivity index (χ1) is 7.15. The molecule has 0 aliphatic heterocycles. The highest BCUT2D eigenvalue weighted by molar-refractivity contribution is 7.18. The summed E-state index contributed by atoms with van der Waals surface area (Å²) in [7, 11) is 0. The summed E-state index contributed by atoms with van der Waals surface area (Å²) in [6.07, 6.45) is 1.50. The van der Waals surface area contributed by atoms with Crippen molar-refractivity contribution >= 4 is 21.6 Å². The van der Waals surface area contributed by atoms with Gasteiger partial charge in [0.05, 0.1) is 24.9 Å². The van der Waals surface area contributed by atoms with E-state index in [-0.39, 0.29) is 12.2 Å². The highest BCUT2D eigenvalue weighted by Gasteiger charge is 2.11. The molecule has 4 nitrogen and oxygen atoms in total. The minimum atomic E-state index is -0.0594. The van der Waals surface area contributed by atoms with E-state index in [4.69, 9.17) is 5.11 Å². The van der Waals surface area contributed by atoms with Crippen LogP contribution in [0.2, 0.25) is 0 Å². The van der Waals surface area contributed by atoms with Gasteiger partial charge in [-0.1, -0.05) is 0 Å². The van der Waals surface area contributed by atoms with E-state index in [2.05, 4.69) is 4.98 Å². The molecular weight excluding hydrogens is 212 g/mol. The molecule has 2 aromatic rings.